The lowest BCUT2D eigenvalue weighted by molar-refractivity contribution is -0.121. The van der Waals surface area contributed by atoms with Crippen LogP contribution in [0.3, 0.4) is 0 Å². The molecule has 0 aromatic heterocycles. The number of unbranched alkanes of at least 4 members (excludes halogenated alkanes) is 1. The molecule has 5 nitrogen and oxygen atoms in total. The molecular formula is C13H24N4O. The van der Waals surface area contributed by atoms with E-state index in [9.17, 15) is 4.79 Å². The highest BCUT2D eigenvalue weighted by atomic mass is 16.1. The first kappa shape index (κ1) is 14.8. The molecule has 0 aromatic carbocycles. The van der Waals surface area contributed by atoms with Crippen molar-refractivity contribution in [3.63, 3.8) is 0 Å². The van der Waals surface area contributed by atoms with Gasteiger partial charge in [0.25, 0.3) is 0 Å². The first-order valence-corrected chi connectivity index (χ1v) is 7.10. The zero-order valence-electron chi connectivity index (χ0n) is 11.1. The van der Waals surface area contributed by atoms with Crippen LogP contribution in [0, 0.1) is 5.92 Å². The Balaban J connectivity index is 1.94. The SMILES string of the molecule is [N-]=[N+]=NCCCCNC(=O)CCC1CCCCC1. The third-order valence-corrected chi connectivity index (χ3v) is 3.57. The number of nitrogens with one attached hydrogen (secondary N) is 1. The largest absolute Gasteiger partial charge is 0.356 e. The van der Waals surface area contributed by atoms with Gasteiger partial charge in [-0.15, -0.1) is 0 Å². The first-order valence-electron chi connectivity index (χ1n) is 7.10. The van der Waals surface area contributed by atoms with E-state index in [1.165, 1.54) is 32.1 Å². The molecule has 1 aliphatic rings. The van der Waals surface area contributed by atoms with Crippen molar-refractivity contribution in [2.24, 2.45) is 11.0 Å². The van der Waals surface area contributed by atoms with Gasteiger partial charge in [-0.3, -0.25) is 4.79 Å². The van der Waals surface area contributed by atoms with Crippen LogP contribution in [0.1, 0.15) is 57.8 Å². The zero-order valence-corrected chi connectivity index (χ0v) is 11.1. The highest BCUT2D eigenvalue weighted by Crippen LogP contribution is 2.27. The maximum absolute atomic E-state index is 11.6. The van der Waals surface area contributed by atoms with E-state index in [2.05, 4.69) is 15.3 Å². The molecule has 1 rings (SSSR count). The Hall–Kier alpha value is -1.22. The number of carbonyl (C=O) groups excluding carboxylic acids is 1. The molecule has 0 unspecified atom stereocenters. The van der Waals surface area contributed by atoms with Crippen molar-refractivity contribution in [1.29, 1.82) is 0 Å². The molecule has 1 N–H and O–H groups in total. The topological polar surface area (TPSA) is 77.9 Å². The minimum Gasteiger partial charge on any atom is -0.356 e. The van der Waals surface area contributed by atoms with Crippen molar-refractivity contribution < 1.29 is 4.79 Å². The van der Waals surface area contributed by atoms with Crippen molar-refractivity contribution in [3.8, 4) is 0 Å². The monoisotopic (exact) mass is 252 g/mol. The first-order chi connectivity index (χ1) is 8.83. The van der Waals surface area contributed by atoms with Gasteiger partial charge in [-0.05, 0) is 30.7 Å². The summed E-state index contributed by atoms with van der Waals surface area (Å²) in [4.78, 5) is 14.3. The maximum atomic E-state index is 11.6. The summed E-state index contributed by atoms with van der Waals surface area (Å²) in [5.74, 6) is 0.943. The molecule has 102 valence electrons. The van der Waals surface area contributed by atoms with E-state index < -0.39 is 0 Å². The van der Waals surface area contributed by atoms with Gasteiger partial charge in [-0.2, -0.15) is 0 Å². The van der Waals surface area contributed by atoms with Gasteiger partial charge < -0.3 is 5.32 Å². The third kappa shape index (κ3) is 7.17. The number of azide groups is 1. The molecule has 18 heavy (non-hydrogen) atoms. The molecule has 0 atom stereocenters. The van der Waals surface area contributed by atoms with E-state index in [-0.39, 0.29) is 5.91 Å². The smallest absolute Gasteiger partial charge is 0.220 e. The highest BCUT2D eigenvalue weighted by molar-refractivity contribution is 5.75. The van der Waals surface area contributed by atoms with Crippen LogP contribution in [0.5, 0.6) is 0 Å². The molecule has 0 radical (unpaired) electrons. The highest BCUT2D eigenvalue weighted by Gasteiger charge is 2.14. The molecule has 0 aliphatic heterocycles. The van der Waals surface area contributed by atoms with Crippen LogP contribution in [0.25, 0.3) is 10.4 Å². The van der Waals surface area contributed by atoms with Gasteiger partial charge in [-0.1, -0.05) is 37.2 Å². The molecule has 0 heterocycles. The maximum Gasteiger partial charge on any atom is 0.220 e. The third-order valence-electron chi connectivity index (χ3n) is 3.57. The van der Waals surface area contributed by atoms with Crippen molar-refractivity contribution in [2.75, 3.05) is 13.1 Å². The van der Waals surface area contributed by atoms with E-state index in [0.717, 1.165) is 25.2 Å². The average Bonchev–Trinajstić information content (AvgIpc) is 2.41. The standard InChI is InChI=1S/C13H24N4O/c14-17-16-11-5-4-10-15-13(18)9-8-12-6-2-1-3-7-12/h12H,1-11H2,(H,15,18). The molecule has 0 aromatic rings. The average molecular weight is 252 g/mol. The normalized spacial score (nSPS) is 16.0. The Labute approximate surface area is 109 Å². The van der Waals surface area contributed by atoms with Crippen LogP contribution in [-0.2, 0) is 4.79 Å². The second-order valence-corrected chi connectivity index (χ2v) is 5.05. The van der Waals surface area contributed by atoms with Gasteiger partial charge in [0.2, 0.25) is 5.91 Å². The van der Waals surface area contributed by atoms with E-state index in [1.807, 2.05) is 0 Å². The number of hydrogen-bond donors (Lipinski definition) is 1. The summed E-state index contributed by atoms with van der Waals surface area (Å²) >= 11 is 0. The zero-order chi connectivity index (χ0) is 13.1. The van der Waals surface area contributed by atoms with Crippen LogP contribution in [0.15, 0.2) is 5.11 Å². The van der Waals surface area contributed by atoms with E-state index in [4.69, 9.17) is 5.53 Å². The van der Waals surface area contributed by atoms with Crippen molar-refractivity contribution in [3.05, 3.63) is 10.4 Å². The van der Waals surface area contributed by atoms with E-state index in [0.29, 0.717) is 19.5 Å². The Morgan fingerprint density at radius 1 is 1.28 bits per heavy atom. The van der Waals surface area contributed by atoms with Gasteiger partial charge in [0.1, 0.15) is 0 Å². The molecule has 5 heteroatoms. The van der Waals surface area contributed by atoms with Gasteiger partial charge >= 0.3 is 0 Å². The van der Waals surface area contributed by atoms with Crippen LogP contribution in [-0.4, -0.2) is 19.0 Å². The predicted octanol–water partition coefficient (Wildman–Crippen LogP) is 3.55. The minimum atomic E-state index is 0.171. The predicted molar refractivity (Wildman–Crippen MR) is 72.1 cm³/mol. The number of hydrogen-bond acceptors (Lipinski definition) is 2. The second kappa shape index (κ2) is 9.77. The molecule has 1 saturated carbocycles. The fourth-order valence-electron chi connectivity index (χ4n) is 2.48. The summed E-state index contributed by atoms with van der Waals surface area (Å²) in [6, 6.07) is 0. The van der Waals surface area contributed by atoms with E-state index in [1.54, 1.807) is 0 Å². The molecule has 1 aliphatic carbocycles. The Bertz CT molecular complexity index is 281. The van der Waals surface area contributed by atoms with Crippen LogP contribution in [0.2, 0.25) is 0 Å². The molecule has 0 spiro atoms. The summed E-state index contributed by atoms with van der Waals surface area (Å²) in [6.07, 6.45) is 10.1. The lowest BCUT2D eigenvalue weighted by atomic mass is 9.86. The minimum absolute atomic E-state index is 0.171. The summed E-state index contributed by atoms with van der Waals surface area (Å²) < 4.78 is 0. The lowest BCUT2D eigenvalue weighted by Gasteiger charge is -2.20. The van der Waals surface area contributed by atoms with Gasteiger partial charge in [-0.25, -0.2) is 0 Å². The summed E-state index contributed by atoms with van der Waals surface area (Å²) in [6.45, 7) is 1.22. The quantitative estimate of drug-likeness (QED) is 0.305. The van der Waals surface area contributed by atoms with Crippen molar-refractivity contribution >= 4 is 5.91 Å². The van der Waals surface area contributed by atoms with Gasteiger partial charge in [0.15, 0.2) is 0 Å². The molecule has 0 saturated heterocycles. The van der Waals surface area contributed by atoms with Crippen LogP contribution < -0.4 is 5.32 Å². The number of nitrogens with zero attached hydrogens (tertiary/aromatic N) is 3. The molecule has 1 fully saturated rings. The van der Waals surface area contributed by atoms with Crippen molar-refractivity contribution in [2.45, 2.75) is 57.8 Å². The number of amides is 1. The van der Waals surface area contributed by atoms with Crippen LogP contribution in [0.4, 0.5) is 0 Å². The molecule has 1 amide bonds. The lowest BCUT2D eigenvalue weighted by Crippen LogP contribution is -2.25. The Kier molecular flexibility index (Phi) is 8.06. The Morgan fingerprint density at radius 2 is 2.06 bits per heavy atom. The second-order valence-electron chi connectivity index (χ2n) is 5.05. The molecular weight excluding hydrogens is 228 g/mol. The van der Waals surface area contributed by atoms with Gasteiger partial charge in [0, 0.05) is 24.4 Å². The summed E-state index contributed by atoms with van der Waals surface area (Å²) in [5.41, 5.74) is 8.09. The van der Waals surface area contributed by atoms with Crippen molar-refractivity contribution in [1.82, 2.24) is 5.32 Å². The molecule has 0 bridgehead atoms. The Morgan fingerprint density at radius 3 is 2.78 bits per heavy atom. The fourth-order valence-corrected chi connectivity index (χ4v) is 2.48. The van der Waals surface area contributed by atoms with E-state index >= 15 is 0 Å². The summed E-state index contributed by atoms with van der Waals surface area (Å²) in [5, 5.41) is 6.38. The fraction of sp³-hybridized carbons (Fsp3) is 0.923. The van der Waals surface area contributed by atoms with Crippen LogP contribution >= 0.6 is 0 Å². The number of carbonyl (C=O) groups is 1. The summed E-state index contributed by atoms with van der Waals surface area (Å²) in [7, 11) is 0. The number of rotatable bonds is 8. The van der Waals surface area contributed by atoms with Gasteiger partial charge in [0.05, 0.1) is 0 Å².